The number of ether oxygens (including phenoxy) is 2. The zero-order valence-electron chi connectivity index (χ0n) is 21.3. The number of esters is 1. The Morgan fingerprint density at radius 3 is 2.65 bits per heavy atom. The fourth-order valence-electron chi connectivity index (χ4n) is 4.32. The number of nitrogens with one attached hydrogen (secondary N) is 2. The van der Waals surface area contributed by atoms with Crippen LogP contribution in [0.4, 0.5) is 11.6 Å². The van der Waals surface area contributed by atoms with Gasteiger partial charge in [-0.05, 0) is 48.5 Å². The predicted octanol–water partition coefficient (Wildman–Crippen LogP) is 5.14. The summed E-state index contributed by atoms with van der Waals surface area (Å²) in [7, 11) is 0. The lowest BCUT2D eigenvalue weighted by Crippen LogP contribution is -2.50. The summed E-state index contributed by atoms with van der Waals surface area (Å²) in [6, 6.07) is 5.32. The lowest BCUT2D eigenvalue weighted by molar-refractivity contribution is -0.0189. The zero-order valence-corrected chi connectivity index (χ0v) is 22.1. The maximum atomic E-state index is 12.4. The van der Waals surface area contributed by atoms with E-state index in [1.165, 1.54) is 0 Å². The molecule has 3 aromatic heterocycles. The second-order valence-electron chi connectivity index (χ2n) is 10.2. The van der Waals surface area contributed by atoms with Crippen LogP contribution in [0, 0.1) is 0 Å². The molecule has 0 spiro atoms. The van der Waals surface area contributed by atoms with Crippen molar-refractivity contribution in [3.8, 4) is 5.88 Å². The van der Waals surface area contributed by atoms with Crippen LogP contribution in [0.25, 0.3) is 21.2 Å². The van der Waals surface area contributed by atoms with Gasteiger partial charge in [0.2, 0.25) is 5.88 Å². The molecule has 37 heavy (non-hydrogen) atoms. The summed E-state index contributed by atoms with van der Waals surface area (Å²) >= 11 is 0. The predicted molar refractivity (Wildman–Crippen MR) is 142 cm³/mol. The van der Waals surface area contributed by atoms with Gasteiger partial charge in [0, 0.05) is 36.3 Å². The number of hydrogen-bond donors (Lipinski definition) is 2. The highest BCUT2D eigenvalue weighted by molar-refractivity contribution is 5.93. The van der Waals surface area contributed by atoms with Crippen LogP contribution in [0.1, 0.15) is 62.2 Å². The lowest BCUT2D eigenvalue weighted by Gasteiger charge is -2.36. The van der Waals surface area contributed by atoms with Crippen LogP contribution in [0.15, 0.2) is 35.7 Å². The second-order valence-corrected chi connectivity index (χ2v) is 10.2. The maximum absolute atomic E-state index is 12.4. The van der Waals surface area contributed by atoms with E-state index < -0.39 is 11.1 Å². The first kappa shape index (κ1) is 26.4. The number of carbonyl (C=O) groups is 1. The molecule has 1 saturated heterocycles. The van der Waals surface area contributed by atoms with E-state index in [0.29, 0.717) is 28.8 Å². The van der Waals surface area contributed by atoms with Gasteiger partial charge in [-0.3, -0.25) is 0 Å². The molecule has 0 unspecified atom stereocenters. The highest BCUT2D eigenvalue weighted by Crippen LogP contribution is 2.39. The van der Waals surface area contributed by atoms with E-state index in [-0.39, 0.29) is 30.4 Å². The van der Waals surface area contributed by atoms with Crippen molar-refractivity contribution in [2.24, 2.45) is 5.11 Å². The standard InChI is InChI=1S/C25H28N8O3.ClH/c1-13-21-15(23(34)36-25(13,4)5)6-7-19(31-21)30-20-8-16-17(11-28-20)22(35-14-9-27-10-14)29-12-18(16)24(2,3)32-33-26;/h6-8,11-14,27H,9-10H2,1-5H3,(H,28,30,31);1H/t13-;/m1./s1. The first-order valence-corrected chi connectivity index (χ1v) is 11.8. The van der Waals surface area contributed by atoms with Gasteiger partial charge >= 0.3 is 5.97 Å². The SMILES string of the molecule is C[C@@H]1c2nc(Nc3cc4c(C(C)(C)N=[N+]=[N-])cnc(OC5CNC5)c4cn3)ccc2C(=O)OC1(C)C.Cl. The molecule has 5 heterocycles. The lowest BCUT2D eigenvalue weighted by atomic mass is 9.84. The van der Waals surface area contributed by atoms with Gasteiger partial charge in [-0.2, -0.15) is 0 Å². The maximum Gasteiger partial charge on any atom is 0.340 e. The van der Waals surface area contributed by atoms with E-state index in [0.717, 1.165) is 29.4 Å². The summed E-state index contributed by atoms with van der Waals surface area (Å²) in [5.41, 5.74) is 9.51. The Kier molecular flexibility index (Phi) is 6.89. The molecular weight excluding hydrogens is 496 g/mol. The molecule has 3 aromatic rings. The van der Waals surface area contributed by atoms with Gasteiger partial charge in [0.1, 0.15) is 23.3 Å². The molecule has 0 aliphatic carbocycles. The number of rotatable bonds is 6. The van der Waals surface area contributed by atoms with Crippen molar-refractivity contribution in [3.05, 3.63) is 57.9 Å². The molecule has 0 saturated carbocycles. The Bertz CT molecular complexity index is 1420. The largest absolute Gasteiger partial charge is 0.471 e. The minimum atomic E-state index is -0.847. The van der Waals surface area contributed by atoms with Crippen molar-refractivity contribution in [3.63, 3.8) is 0 Å². The molecule has 0 amide bonds. The number of halogens is 1. The molecule has 194 valence electrons. The smallest absolute Gasteiger partial charge is 0.340 e. The highest BCUT2D eigenvalue weighted by atomic mass is 35.5. The number of fused-ring (bicyclic) bond motifs is 2. The van der Waals surface area contributed by atoms with Gasteiger partial charge in [-0.15, -0.1) is 12.4 Å². The van der Waals surface area contributed by atoms with Gasteiger partial charge < -0.3 is 20.1 Å². The Morgan fingerprint density at radius 2 is 1.97 bits per heavy atom. The summed E-state index contributed by atoms with van der Waals surface area (Å²) in [5.74, 6) is 1.13. The molecule has 0 radical (unpaired) electrons. The van der Waals surface area contributed by atoms with Crippen LogP contribution in [-0.2, 0) is 10.3 Å². The van der Waals surface area contributed by atoms with Crippen LogP contribution >= 0.6 is 12.4 Å². The number of pyridine rings is 3. The normalized spacial score (nSPS) is 18.5. The van der Waals surface area contributed by atoms with E-state index in [1.807, 2.05) is 40.7 Å². The molecule has 2 aliphatic heterocycles. The fraction of sp³-hybridized carbons (Fsp3) is 0.440. The fourth-order valence-corrected chi connectivity index (χ4v) is 4.32. The van der Waals surface area contributed by atoms with Crippen molar-refractivity contribution in [1.82, 2.24) is 20.3 Å². The molecule has 12 heteroatoms. The molecule has 0 aromatic carbocycles. The van der Waals surface area contributed by atoms with Crippen LogP contribution in [0.5, 0.6) is 5.88 Å². The van der Waals surface area contributed by atoms with Gasteiger partial charge in [0.05, 0.1) is 22.2 Å². The number of cyclic esters (lactones) is 1. The summed E-state index contributed by atoms with van der Waals surface area (Å²) in [6.07, 6.45) is 3.44. The molecule has 1 atom stereocenters. The van der Waals surface area contributed by atoms with Crippen molar-refractivity contribution < 1.29 is 14.3 Å². The number of anilines is 2. The number of aromatic nitrogens is 3. The Morgan fingerprint density at radius 1 is 1.22 bits per heavy atom. The van der Waals surface area contributed by atoms with Gasteiger partial charge in [0.15, 0.2) is 0 Å². The molecular formula is C25H29ClN8O3. The summed E-state index contributed by atoms with van der Waals surface area (Å²) in [6.45, 7) is 10.9. The first-order chi connectivity index (χ1) is 17.1. The number of azide groups is 1. The summed E-state index contributed by atoms with van der Waals surface area (Å²) in [5, 5.41) is 11.9. The van der Waals surface area contributed by atoms with E-state index in [4.69, 9.17) is 20.0 Å². The molecule has 2 N–H and O–H groups in total. The number of hydrogen-bond acceptors (Lipinski definition) is 9. The molecule has 11 nitrogen and oxygen atoms in total. The Hall–Kier alpha value is -3.66. The molecule has 2 aliphatic rings. The van der Waals surface area contributed by atoms with Crippen molar-refractivity contribution in [2.45, 2.75) is 57.8 Å². The third-order valence-corrected chi connectivity index (χ3v) is 6.92. The average molecular weight is 525 g/mol. The monoisotopic (exact) mass is 524 g/mol. The Balaban J connectivity index is 0.00000320. The second kappa shape index (κ2) is 9.66. The third kappa shape index (κ3) is 4.85. The van der Waals surface area contributed by atoms with Gasteiger partial charge in [0.25, 0.3) is 0 Å². The number of nitrogens with zero attached hydrogens (tertiary/aromatic N) is 6. The van der Waals surface area contributed by atoms with E-state index in [1.54, 1.807) is 24.5 Å². The Labute approximate surface area is 220 Å². The van der Waals surface area contributed by atoms with Crippen molar-refractivity contribution in [2.75, 3.05) is 18.4 Å². The van der Waals surface area contributed by atoms with Crippen molar-refractivity contribution >= 4 is 40.8 Å². The topological polar surface area (TPSA) is 147 Å². The van der Waals surface area contributed by atoms with Crippen LogP contribution < -0.4 is 15.4 Å². The summed E-state index contributed by atoms with van der Waals surface area (Å²) in [4.78, 5) is 29.3. The third-order valence-electron chi connectivity index (χ3n) is 6.92. The van der Waals surface area contributed by atoms with Crippen LogP contribution in [0.3, 0.4) is 0 Å². The van der Waals surface area contributed by atoms with Gasteiger partial charge in [-0.25, -0.2) is 19.7 Å². The van der Waals surface area contributed by atoms with Crippen LogP contribution in [-0.4, -0.2) is 45.7 Å². The minimum Gasteiger partial charge on any atom is -0.471 e. The van der Waals surface area contributed by atoms with E-state index >= 15 is 0 Å². The zero-order chi connectivity index (χ0) is 25.7. The molecule has 0 bridgehead atoms. The first-order valence-electron chi connectivity index (χ1n) is 11.8. The minimum absolute atomic E-state index is 0. The van der Waals surface area contributed by atoms with Gasteiger partial charge in [-0.1, -0.05) is 25.9 Å². The highest BCUT2D eigenvalue weighted by Gasteiger charge is 2.40. The van der Waals surface area contributed by atoms with E-state index in [9.17, 15) is 4.79 Å². The average Bonchev–Trinajstić information content (AvgIpc) is 2.79. The van der Waals surface area contributed by atoms with Crippen molar-refractivity contribution in [1.29, 1.82) is 0 Å². The quantitative estimate of drug-likeness (QED) is 0.195. The van der Waals surface area contributed by atoms with E-state index in [2.05, 4.69) is 30.6 Å². The summed E-state index contributed by atoms with van der Waals surface area (Å²) < 4.78 is 11.6. The molecule has 1 fully saturated rings. The molecule has 5 rings (SSSR count). The number of carbonyl (C=O) groups excluding carboxylic acids is 1. The van der Waals surface area contributed by atoms with Crippen LogP contribution in [0.2, 0.25) is 0 Å².